The molecule has 0 aliphatic carbocycles. The van der Waals surface area contributed by atoms with Crippen molar-refractivity contribution in [1.29, 1.82) is 0 Å². The summed E-state index contributed by atoms with van der Waals surface area (Å²) < 4.78 is 1.76. The summed E-state index contributed by atoms with van der Waals surface area (Å²) in [6, 6.07) is 3.61. The maximum Gasteiger partial charge on any atom is 0.337 e. The van der Waals surface area contributed by atoms with Crippen LogP contribution in [0, 0.1) is 3.57 Å². The summed E-state index contributed by atoms with van der Waals surface area (Å²) in [4.78, 5) is 10.9. The lowest BCUT2D eigenvalue weighted by Crippen LogP contribution is -1.94. The van der Waals surface area contributed by atoms with Gasteiger partial charge in [0.05, 0.1) is 15.3 Å². The molecule has 14 heavy (non-hydrogen) atoms. The van der Waals surface area contributed by atoms with Crippen LogP contribution in [-0.4, -0.2) is 11.1 Å². The van der Waals surface area contributed by atoms with E-state index in [1.807, 2.05) is 6.07 Å². The van der Waals surface area contributed by atoms with Crippen LogP contribution in [-0.2, 0) is 0 Å². The van der Waals surface area contributed by atoms with Gasteiger partial charge in [-0.3, -0.25) is 0 Å². The number of benzene rings is 1. The zero-order valence-corrected chi connectivity index (χ0v) is 10.5. The van der Waals surface area contributed by atoms with E-state index in [9.17, 15) is 4.79 Å². The van der Waals surface area contributed by atoms with Crippen LogP contribution < -0.4 is 0 Å². The molecule has 0 fully saturated rings. The number of rotatable bonds is 1. The number of halogens is 2. The molecule has 0 amide bonds. The first-order chi connectivity index (χ1) is 6.61. The summed E-state index contributed by atoms with van der Waals surface area (Å²) in [5, 5.41) is 11.9. The van der Waals surface area contributed by atoms with Crippen molar-refractivity contribution in [2.24, 2.45) is 0 Å². The monoisotopic (exact) mass is 338 g/mol. The van der Waals surface area contributed by atoms with E-state index in [0.717, 1.165) is 13.7 Å². The highest BCUT2D eigenvalue weighted by Crippen LogP contribution is 2.35. The first kappa shape index (κ1) is 10.2. The van der Waals surface area contributed by atoms with Crippen LogP contribution in [0.3, 0.4) is 0 Å². The lowest BCUT2D eigenvalue weighted by Gasteiger charge is -1.98. The predicted molar refractivity (Wildman–Crippen MR) is 66.5 cm³/mol. The number of hydrogen-bond acceptors (Lipinski definition) is 2. The zero-order chi connectivity index (χ0) is 10.3. The van der Waals surface area contributed by atoms with E-state index in [1.54, 1.807) is 11.4 Å². The second kappa shape index (κ2) is 3.67. The molecule has 1 heterocycles. The molecule has 0 unspecified atom stereocenters. The summed E-state index contributed by atoms with van der Waals surface area (Å²) in [7, 11) is 0. The van der Waals surface area contributed by atoms with Gasteiger partial charge in [0.1, 0.15) is 0 Å². The van der Waals surface area contributed by atoms with Crippen LogP contribution in [0.5, 0.6) is 0 Å². The van der Waals surface area contributed by atoms with Crippen molar-refractivity contribution < 1.29 is 9.90 Å². The quantitative estimate of drug-likeness (QED) is 0.802. The van der Waals surface area contributed by atoms with E-state index in [2.05, 4.69) is 22.6 Å². The summed E-state index contributed by atoms with van der Waals surface area (Å²) in [5.41, 5.74) is 0.330. The molecule has 1 N–H and O–H groups in total. The van der Waals surface area contributed by atoms with E-state index < -0.39 is 5.97 Å². The van der Waals surface area contributed by atoms with Gasteiger partial charge < -0.3 is 5.11 Å². The Morgan fingerprint density at radius 2 is 2.21 bits per heavy atom. The number of hydrogen-bond donors (Lipinski definition) is 1. The maximum absolute atomic E-state index is 10.9. The Bertz CT molecular complexity index is 521. The molecule has 0 spiro atoms. The van der Waals surface area contributed by atoms with Gasteiger partial charge in [-0.15, -0.1) is 11.3 Å². The Morgan fingerprint density at radius 3 is 2.86 bits per heavy atom. The third-order valence-electron chi connectivity index (χ3n) is 1.85. The normalized spacial score (nSPS) is 10.7. The molecule has 2 rings (SSSR count). The molecule has 1 aromatic carbocycles. The number of aromatic carboxylic acids is 1. The van der Waals surface area contributed by atoms with Crippen LogP contribution in [0.15, 0.2) is 17.5 Å². The summed E-state index contributed by atoms with van der Waals surface area (Å²) in [5.74, 6) is -0.906. The topological polar surface area (TPSA) is 37.3 Å². The SMILES string of the molecule is O=C(O)c1csc2c(Cl)ccc(I)c12. The third-order valence-corrected chi connectivity index (χ3v) is 4.19. The molecule has 5 heteroatoms. The minimum Gasteiger partial charge on any atom is -0.478 e. The lowest BCUT2D eigenvalue weighted by atomic mass is 10.2. The van der Waals surface area contributed by atoms with Crippen molar-refractivity contribution >= 4 is 61.6 Å². The van der Waals surface area contributed by atoms with E-state index in [-0.39, 0.29) is 0 Å². The van der Waals surface area contributed by atoms with Gasteiger partial charge in [0.2, 0.25) is 0 Å². The molecular weight excluding hydrogens is 335 g/mol. The van der Waals surface area contributed by atoms with Gasteiger partial charge in [0.25, 0.3) is 0 Å². The first-order valence-corrected chi connectivity index (χ1v) is 6.03. The molecule has 0 aliphatic rings. The Morgan fingerprint density at radius 1 is 1.50 bits per heavy atom. The number of carboxylic acids is 1. The largest absolute Gasteiger partial charge is 0.478 e. The molecule has 0 aliphatic heterocycles. The van der Waals surface area contributed by atoms with Crippen LogP contribution in [0.25, 0.3) is 10.1 Å². The molecule has 0 bridgehead atoms. The molecule has 0 saturated carbocycles. The Hall–Kier alpha value is -0.330. The van der Waals surface area contributed by atoms with Crippen LogP contribution >= 0.6 is 45.5 Å². The predicted octanol–water partition coefficient (Wildman–Crippen LogP) is 3.86. The molecule has 72 valence electrons. The van der Waals surface area contributed by atoms with E-state index in [4.69, 9.17) is 16.7 Å². The maximum atomic E-state index is 10.9. The highest BCUT2D eigenvalue weighted by molar-refractivity contribution is 14.1. The van der Waals surface area contributed by atoms with Gasteiger partial charge in [-0.2, -0.15) is 0 Å². The molecular formula is C9H4ClIO2S. The second-order valence-electron chi connectivity index (χ2n) is 2.69. The van der Waals surface area contributed by atoms with Gasteiger partial charge in [-0.05, 0) is 34.7 Å². The Kier molecular flexibility index (Phi) is 2.68. The third kappa shape index (κ3) is 1.51. The first-order valence-electron chi connectivity index (χ1n) is 3.69. The van der Waals surface area contributed by atoms with Crippen LogP contribution in [0.2, 0.25) is 5.02 Å². The number of thiophene rings is 1. The smallest absolute Gasteiger partial charge is 0.337 e. The Labute approximate surface area is 103 Å². The second-order valence-corrected chi connectivity index (χ2v) is 5.14. The zero-order valence-electron chi connectivity index (χ0n) is 6.75. The van der Waals surface area contributed by atoms with Crippen molar-refractivity contribution in [2.45, 2.75) is 0 Å². The average molecular weight is 339 g/mol. The van der Waals surface area contributed by atoms with E-state index >= 15 is 0 Å². The minimum absolute atomic E-state index is 0.330. The summed E-state index contributed by atoms with van der Waals surface area (Å²) in [6.07, 6.45) is 0. The molecule has 0 saturated heterocycles. The standard InChI is InChI=1S/C9H4ClIO2S/c10-5-1-2-6(11)7-4(9(12)13)3-14-8(5)7/h1-3H,(H,12,13). The number of carboxylic acid groups (broad SMARTS) is 1. The van der Waals surface area contributed by atoms with Gasteiger partial charge >= 0.3 is 5.97 Å². The summed E-state index contributed by atoms with van der Waals surface area (Å²) in [6.45, 7) is 0. The van der Waals surface area contributed by atoms with E-state index in [1.165, 1.54) is 11.3 Å². The van der Waals surface area contributed by atoms with Gasteiger partial charge in [0.15, 0.2) is 0 Å². The molecule has 2 nitrogen and oxygen atoms in total. The highest BCUT2D eigenvalue weighted by atomic mass is 127. The fraction of sp³-hybridized carbons (Fsp3) is 0. The molecule has 2 aromatic rings. The Balaban J connectivity index is 2.90. The fourth-order valence-electron chi connectivity index (χ4n) is 1.23. The average Bonchev–Trinajstić information content (AvgIpc) is 2.56. The van der Waals surface area contributed by atoms with Gasteiger partial charge in [-0.25, -0.2) is 4.79 Å². The van der Waals surface area contributed by atoms with Crippen LogP contribution in [0.1, 0.15) is 10.4 Å². The molecule has 0 radical (unpaired) electrons. The number of carbonyl (C=O) groups is 1. The van der Waals surface area contributed by atoms with E-state index in [0.29, 0.717) is 10.6 Å². The number of fused-ring (bicyclic) bond motifs is 1. The summed E-state index contributed by atoms with van der Waals surface area (Å²) >= 11 is 9.44. The van der Waals surface area contributed by atoms with Crippen molar-refractivity contribution in [3.05, 3.63) is 31.7 Å². The van der Waals surface area contributed by atoms with Crippen molar-refractivity contribution in [2.75, 3.05) is 0 Å². The van der Waals surface area contributed by atoms with Crippen molar-refractivity contribution in [1.82, 2.24) is 0 Å². The molecule has 0 atom stereocenters. The highest BCUT2D eigenvalue weighted by Gasteiger charge is 2.14. The fourth-order valence-corrected chi connectivity index (χ4v) is 3.42. The minimum atomic E-state index is -0.906. The van der Waals surface area contributed by atoms with Gasteiger partial charge in [0, 0.05) is 14.3 Å². The lowest BCUT2D eigenvalue weighted by molar-refractivity contribution is 0.0699. The van der Waals surface area contributed by atoms with Crippen molar-refractivity contribution in [3.8, 4) is 0 Å². The molecule has 1 aromatic heterocycles. The van der Waals surface area contributed by atoms with Gasteiger partial charge in [-0.1, -0.05) is 11.6 Å². The van der Waals surface area contributed by atoms with Crippen LogP contribution in [0.4, 0.5) is 0 Å². The van der Waals surface area contributed by atoms with Crippen molar-refractivity contribution in [3.63, 3.8) is 0 Å².